The van der Waals surface area contributed by atoms with Crippen LogP contribution in [0.2, 0.25) is 0 Å². The number of ether oxygens (including phenoxy) is 2. The molecule has 0 heterocycles. The number of rotatable bonds is 13. The number of amides is 2. The van der Waals surface area contributed by atoms with Crippen molar-refractivity contribution in [3.8, 4) is 0 Å². The van der Waals surface area contributed by atoms with E-state index in [1.807, 2.05) is 30.3 Å². The van der Waals surface area contributed by atoms with Crippen LogP contribution in [-0.4, -0.2) is 63.3 Å². The van der Waals surface area contributed by atoms with E-state index in [2.05, 4.69) is 5.32 Å². The van der Waals surface area contributed by atoms with Crippen molar-refractivity contribution < 1.29 is 34.1 Å². The van der Waals surface area contributed by atoms with Crippen LogP contribution in [0.3, 0.4) is 0 Å². The summed E-state index contributed by atoms with van der Waals surface area (Å²) in [6.07, 6.45) is -6.09. The number of aldehydes is 1. The van der Waals surface area contributed by atoms with Gasteiger partial charge in [0.2, 0.25) is 6.23 Å². The van der Waals surface area contributed by atoms with Gasteiger partial charge >= 0.3 is 12.2 Å². The number of aliphatic hydroxyl groups excluding tert-OH is 2. The van der Waals surface area contributed by atoms with E-state index in [0.29, 0.717) is 18.3 Å². The van der Waals surface area contributed by atoms with Crippen molar-refractivity contribution >= 4 is 18.5 Å². The standard InChI is InChI=1S/C34H44N4O7/c1-24(40)33(35,22-26-16-10-6-11-17-26)38(34(36,23-39)27-18-12-7-13-19-27)31(43)44-29(37-30(42)45-32(2,3)4)28(41)21-20-25-14-8-5-9-15-25/h5-19,23-24,28-29,40-41H,20-22,35-36H2,1-4H3,(H,37,42). The van der Waals surface area contributed by atoms with Gasteiger partial charge in [-0.15, -0.1) is 0 Å². The molecule has 0 spiro atoms. The molecule has 0 aliphatic carbocycles. The molecule has 0 aliphatic heterocycles. The fourth-order valence-corrected chi connectivity index (χ4v) is 4.86. The first kappa shape index (κ1) is 35.2. The smallest absolute Gasteiger partial charge is 0.415 e. The Morgan fingerprint density at radius 2 is 1.40 bits per heavy atom. The second-order valence-corrected chi connectivity index (χ2v) is 12.0. The fraction of sp³-hybridized carbons (Fsp3) is 0.382. The highest BCUT2D eigenvalue weighted by atomic mass is 16.6. The van der Waals surface area contributed by atoms with Crippen molar-refractivity contribution in [2.24, 2.45) is 11.5 Å². The van der Waals surface area contributed by atoms with Crippen LogP contribution in [-0.2, 0) is 32.8 Å². The first-order valence-corrected chi connectivity index (χ1v) is 14.7. The zero-order valence-electron chi connectivity index (χ0n) is 26.1. The van der Waals surface area contributed by atoms with E-state index in [-0.39, 0.29) is 18.4 Å². The van der Waals surface area contributed by atoms with Crippen LogP contribution in [0.25, 0.3) is 0 Å². The van der Waals surface area contributed by atoms with Gasteiger partial charge in [0.25, 0.3) is 0 Å². The highest BCUT2D eigenvalue weighted by Gasteiger charge is 2.53. The van der Waals surface area contributed by atoms with E-state index < -0.39 is 47.5 Å². The highest BCUT2D eigenvalue weighted by molar-refractivity contribution is 5.79. The molecule has 45 heavy (non-hydrogen) atoms. The predicted octanol–water partition coefficient (Wildman–Crippen LogP) is 3.56. The fourth-order valence-electron chi connectivity index (χ4n) is 4.86. The third-order valence-corrected chi connectivity index (χ3v) is 7.25. The molecule has 0 saturated carbocycles. The summed E-state index contributed by atoms with van der Waals surface area (Å²) >= 11 is 0. The normalized spacial score (nSPS) is 16.2. The van der Waals surface area contributed by atoms with E-state index in [1.54, 1.807) is 69.3 Å². The minimum absolute atomic E-state index is 0.0755. The molecule has 242 valence electrons. The number of benzene rings is 3. The SMILES string of the molecule is CC(O)C(N)(Cc1ccccc1)N(C(=O)OC(NC(=O)OC(C)(C)C)C(O)CCc1ccccc1)C(N)(C=O)c1ccccc1. The third kappa shape index (κ3) is 9.35. The molecular weight excluding hydrogens is 576 g/mol. The maximum Gasteiger partial charge on any atom is 0.415 e. The van der Waals surface area contributed by atoms with Crippen LogP contribution in [0.4, 0.5) is 9.59 Å². The van der Waals surface area contributed by atoms with Crippen molar-refractivity contribution in [3.63, 3.8) is 0 Å². The Morgan fingerprint density at radius 3 is 1.89 bits per heavy atom. The molecule has 0 bridgehead atoms. The maximum atomic E-state index is 14.3. The lowest BCUT2D eigenvalue weighted by atomic mass is 9.88. The van der Waals surface area contributed by atoms with Crippen LogP contribution in [0, 0.1) is 0 Å². The van der Waals surface area contributed by atoms with Gasteiger partial charge in [0.05, 0.1) is 6.10 Å². The number of carbonyl (C=O) groups excluding carboxylic acids is 3. The van der Waals surface area contributed by atoms with Crippen LogP contribution >= 0.6 is 0 Å². The lowest BCUT2D eigenvalue weighted by Gasteiger charge is -2.49. The van der Waals surface area contributed by atoms with E-state index in [1.165, 1.54) is 19.1 Å². The zero-order valence-corrected chi connectivity index (χ0v) is 26.1. The van der Waals surface area contributed by atoms with Gasteiger partial charge in [-0.1, -0.05) is 91.0 Å². The maximum absolute atomic E-state index is 14.3. The topological polar surface area (TPSA) is 177 Å². The summed E-state index contributed by atoms with van der Waals surface area (Å²) in [6, 6.07) is 26.1. The van der Waals surface area contributed by atoms with E-state index in [4.69, 9.17) is 20.9 Å². The summed E-state index contributed by atoms with van der Waals surface area (Å²) in [4.78, 5) is 40.7. The van der Waals surface area contributed by atoms with E-state index in [9.17, 15) is 24.6 Å². The molecule has 0 fully saturated rings. The van der Waals surface area contributed by atoms with Crippen molar-refractivity contribution in [2.45, 2.75) is 82.3 Å². The van der Waals surface area contributed by atoms with Gasteiger partial charge in [-0.05, 0) is 57.2 Å². The molecule has 3 rings (SSSR count). The quantitative estimate of drug-likeness (QED) is 0.141. The van der Waals surface area contributed by atoms with Gasteiger partial charge in [-0.3, -0.25) is 20.7 Å². The van der Waals surface area contributed by atoms with Crippen LogP contribution in [0.15, 0.2) is 91.0 Å². The third-order valence-electron chi connectivity index (χ3n) is 7.25. The predicted molar refractivity (Wildman–Crippen MR) is 169 cm³/mol. The Bertz CT molecular complexity index is 1390. The summed E-state index contributed by atoms with van der Waals surface area (Å²) in [5.74, 6) is 0. The van der Waals surface area contributed by atoms with Gasteiger partial charge in [0.15, 0.2) is 11.9 Å². The highest BCUT2D eigenvalue weighted by Crippen LogP contribution is 2.32. The number of alkyl carbamates (subject to hydrolysis) is 1. The Morgan fingerprint density at radius 1 is 0.889 bits per heavy atom. The van der Waals surface area contributed by atoms with Gasteiger partial charge in [-0.2, -0.15) is 0 Å². The number of nitrogens with one attached hydrogen (secondary N) is 1. The molecule has 11 nitrogen and oxygen atoms in total. The molecule has 2 amide bonds. The van der Waals surface area contributed by atoms with Crippen LogP contribution < -0.4 is 16.8 Å². The van der Waals surface area contributed by atoms with Crippen LogP contribution in [0.5, 0.6) is 0 Å². The number of nitrogens with zero attached hydrogens (tertiary/aromatic N) is 1. The summed E-state index contributed by atoms with van der Waals surface area (Å²) in [6.45, 7) is 6.33. The zero-order chi connectivity index (χ0) is 33.3. The molecule has 0 radical (unpaired) electrons. The van der Waals surface area contributed by atoms with Crippen molar-refractivity contribution in [3.05, 3.63) is 108 Å². The van der Waals surface area contributed by atoms with Gasteiger partial charge in [0.1, 0.15) is 17.4 Å². The van der Waals surface area contributed by atoms with Crippen molar-refractivity contribution in [1.29, 1.82) is 0 Å². The van der Waals surface area contributed by atoms with E-state index >= 15 is 0 Å². The lowest BCUT2D eigenvalue weighted by Crippen LogP contribution is -2.74. The summed E-state index contributed by atoms with van der Waals surface area (Å²) in [5.41, 5.74) is 10.1. The molecule has 0 aliphatic rings. The largest absolute Gasteiger partial charge is 0.444 e. The molecule has 5 unspecified atom stereocenters. The number of nitrogens with two attached hydrogens (primary N) is 2. The lowest BCUT2D eigenvalue weighted by molar-refractivity contribution is -0.132. The number of hydrogen-bond acceptors (Lipinski definition) is 9. The number of aliphatic hydroxyl groups is 2. The Kier molecular flexibility index (Phi) is 11.8. The average Bonchev–Trinajstić information content (AvgIpc) is 3.00. The molecule has 11 heteroatoms. The molecule has 3 aromatic rings. The first-order valence-electron chi connectivity index (χ1n) is 14.7. The molecular formula is C34H44N4O7. The van der Waals surface area contributed by atoms with Crippen LogP contribution in [0.1, 0.15) is 50.8 Å². The van der Waals surface area contributed by atoms with Gasteiger partial charge in [0, 0.05) is 6.42 Å². The van der Waals surface area contributed by atoms with E-state index in [0.717, 1.165) is 10.5 Å². The molecule has 0 saturated heterocycles. The summed E-state index contributed by atoms with van der Waals surface area (Å²) < 4.78 is 11.1. The molecule has 3 aromatic carbocycles. The number of aryl methyl sites for hydroxylation is 1. The Labute approximate surface area is 264 Å². The molecule has 5 atom stereocenters. The number of hydrogen-bond donors (Lipinski definition) is 5. The summed E-state index contributed by atoms with van der Waals surface area (Å²) in [5, 5.41) is 24.7. The van der Waals surface area contributed by atoms with Gasteiger partial charge < -0.3 is 25.4 Å². The second kappa shape index (κ2) is 15.1. The molecule has 7 N–H and O–H groups in total. The monoisotopic (exact) mass is 620 g/mol. The Balaban J connectivity index is 2.07. The van der Waals surface area contributed by atoms with Crippen molar-refractivity contribution in [1.82, 2.24) is 10.2 Å². The van der Waals surface area contributed by atoms with Gasteiger partial charge in [-0.25, -0.2) is 9.59 Å². The Hall–Kier alpha value is -4.29. The molecule has 0 aromatic heterocycles. The number of carbonyl (C=O) groups is 3. The first-order chi connectivity index (χ1) is 21.2. The second-order valence-electron chi connectivity index (χ2n) is 12.0. The van der Waals surface area contributed by atoms with Crippen molar-refractivity contribution in [2.75, 3.05) is 0 Å². The summed E-state index contributed by atoms with van der Waals surface area (Å²) in [7, 11) is 0. The minimum Gasteiger partial charge on any atom is -0.444 e. The average molecular weight is 621 g/mol. The minimum atomic E-state index is -2.25.